The molecule has 0 radical (unpaired) electrons. The van der Waals surface area contributed by atoms with Crippen molar-refractivity contribution in [2.24, 2.45) is 11.8 Å². The van der Waals surface area contributed by atoms with Gasteiger partial charge in [0.2, 0.25) is 5.91 Å². The normalized spacial score (nSPS) is 22.3. The summed E-state index contributed by atoms with van der Waals surface area (Å²) in [6, 6.07) is 0.181. The molecule has 0 saturated heterocycles. The van der Waals surface area contributed by atoms with Gasteiger partial charge in [-0.2, -0.15) is 0 Å². The maximum atomic E-state index is 13.2. The van der Waals surface area contributed by atoms with E-state index >= 15 is 0 Å². The van der Waals surface area contributed by atoms with E-state index < -0.39 is 17.8 Å². The lowest BCUT2D eigenvalue weighted by molar-refractivity contribution is -0.146. The molecule has 0 aliphatic heterocycles. The van der Waals surface area contributed by atoms with Crippen LogP contribution in [0.25, 0.3) is 0 Å². The fourth-order valence-corrected chi connectivity index (χ4v) is 6.01. The molecule has 0 bridgehead atoms. The van der Waals surface area contributed by atoms with E-state index in [4.69, 9.17) is 0 Å². The molecule has 170 valence electrons. The molecular weight excluding hydrogens is 412 g/mol. The van der Waals surface area contributed by atoms with Crippen LogP contribution in [0.4, 0.5) is 5.00 Å². The molecule has 1 aromatic rings. The molecule has 3 N–H and O–H groups in total. The standard InChI is InChI=1S/C24H34N2O4S/c1-5-17-15(4)31-23(20(17)22(28)25-16-9-7-6-8-10-16)26-21(27)18-11-13(2)14(3)12-19(18)24(29)30/h16,18-19H,5-12H2,1-4H3,(H,25,28)(H,26,27)(H,29,30)/t18-,19+/m0/s1. The molecule has 7 heteroatoms. The molecule has 2 atom stereocenters. The van der Waals surface area contributed by atoms with Crippen molar-refractivity contribution in [1.29, 1.82) is 0 Å². The van der Waals surface area contributed by atoms with Crippen molar-refractivity contribution in [2.45, 2.75) is 85.1 Å². The summed E-state index contributed by atoms with van der Waals surface area (Å²) >= 11 is 1.41. The van der Waals surface area contributed by atoms with E-state index in [1.54, 1.807) is 0 Å². The van der Waals surface area contributed by atoms with Crippen LogP contribution in [0.5, 0.6) is 0 Å². The van der Waals surface area contributed by atoms with Gasteiger partial charge in [0.25, 0.3) is 5.91 Å². The molecule has 1 fully saturated rings. The van der Waals surface area contributed by atoms with Crippen LogP contribution in [-0.4, -0.2) is 28.9 Å². The van der Waals surface area contributed by atoms with Gasteiger partial charge < -0.3 is 15.7 Å². The second-order valence-corrected chi connectivity index (χ2v) is 10.2. The predicted molar refractivity (Wildman–Crippen MR) is 124 cm³/mol. The quantitative estimate of drug-likeness (QED) is 0.532. The van der Waals surface area contributed by atoms with Crippen molar-refractivity contribution >= 4 is 34.1 Å². The molecule has 2 aliphatic carbocycles. The average Bonchev–Trinajstić information content (AvgIpc) is 3.04. The fraction of sp³-hybridized carbons (Fsp3) is 0.625. The van der Waals surface area contributed by atoms with Crippen LogP contribution in [-0.2, 0) is 16.0 Å². The maximum Gasteiger partial charge on any atom is 0.307 e. The van der Waals surface area contributed by atoms with Crippen LogP contribution in [0.2, 0.25) is 0 Å². The Hall–Kier alpha value is -2.15. The molecule has 0 unspecified atom stereocenters. The number of anilines is 1. The van der Waals surface area contributed by atoms with Gasteiger partial charge in [-0.25, -0.2) is 0 Å². The summed E-state index contributed by atoms with van der Waals surface area (Å²) in [6.07, 6.45) is 6.97. The van der Waals surface area contributed by atoms with Crippen LogP contribution < -0.4 is 10.6 Å². The molecule has 1 saturated carbocycles. The third kappa shape index (κ3) is 5.20. The number of hydrogen-bond acceptors (Lipinski definition) is 4. The van der Waals surface area contributed by atoms with Crippen molar-refractivity contribution < 1.29 is 19.5 Å². The SMILES string of the molecule is CCc1c(C)sc(NC(=O)[C@H]2CC(C)=C(C)C[C@H]2C(=O)O)c1C(=O)NC1CCCCC1. The number of aliphatic carboxylic acids is 1. The van der Waals surface area contributed by atoms with E-state index in [2.05, 4.69) is 10.6 Å². The van der Waals surface area contributed by atoms with Gasteiger partial charge >= 0.3 is 5.97 Å². The Morgan fingerprint density at radius 2 is 1.61 bits per heavy atom. The van der Waals surface area contributed by atoms with E-state index in [9.17, 15) is 19.5 Å². The summed E-state index contributed by atoms with van der Waals surface area (Å²) < 4.78 is 0. The molecule has 0 aromatic carbocycles. The van der Waals surface area contributed by atoms with Gasteiger partial charge in [0.1, 0.15) is 5.00 Å². The summed E-state index contributed by atoms with van der Waals surface area (Å²) in [5.74, 6) is -2.76. The lowest BCUT2D eigenvalue weighted by Crippen LogP contribution is -2.38. The first-order chi connectivity index (χ1) is 14.7. The zero-order valence-corrected chi connectivity index (χ0v) is 19.8. The lowest BCUT2D eigenvalue weighted by atomic mass is 9.76. The van der Waals surface area contributed by atoms with Gasteiger partial charge in [-0.3, -0.25) is 14.4 Å². The van der Waals surface area contributed by atoms with Crippen LogP contribution in [0, 0.1) is 18.8 Å². The van der Waals surface area contributed by atoms with Crippen LogP contribution in [0.15, 0.2) is 11.1 Å². The van der Waals surface area contributed by atoms with Crippen LogP contribution in [0.1, 0.15) is 86.5 Å². The van der Waals surface area contributed by atoms with E-state index in [1.165, 1.54) is 17.8 Å². The molecule has 1 aromatic heterocycles. The molecular formula is C24H34N2O4S. The number of carbonyl (C=O) groups excluding carboxylic acids is 2. The van der Waals surface area contributed by atoms with Gasteiger partial charge in [-0.15, -0.1) is 11.3 Å². The second-order valence-electron chi connectivity index (χ2n) is 9.01. The highest BCUT2D eigenvalue weighted by Gasteiger charge is 2.38. The molecule has 6 nitrogen and oxygen atoms in total. The first-order valence-electron chi connectivity index (χ1n) is 11.3. The van der Waals surface area contributed by atoms with E-state index in [1.807, 2.05) is 27.7 Å². The van der Waals surface area contributed by atoms with Gasteiger partial charge in [0.05, 0.1) is 17.4 Å². The summed E-state index contributed by atoms with van der Waals surface area (Å²) in [5, 5.41) is 16.3. The third-order valence-electron chi connectivity index (χ3n) is 6.89. The molecule has 0 spiro atoms. The van der Waals surface area contributed by atoms with Crippen molar-refractivity contribution in [3.8, 4) is 0 Å². The Morgan fingerprint density at radius 1 is 1.00 bits per heavy atom. The number of carboxylic acid groups (broad SMARTS) is 1. The number of aryl methyl sites for hydroxylation is 1. The highest BCUT2D eigenvalue weighted by atomic mass is 32.1. The average molecular weight is 447 g/mol. The zero-order chi connectivity index (χ0) is 22.7. The number of nitrogens with one attached hydrogen (secondary N) is 2. The smallest absolute Gasteiger partial charge is 0.307 e. The van der Waals surface area contributed by atoms with Gasteiger partial charge in [0, 0.05) is 10.9 Å². The fourth-order valence-electron chi connectivity index (χ4n) is 4.87. The Kier molecular flexibility index (Phi) is 7.57. The summed E-state index contributed by atoms with van der Waals surface area (Å²) in [5.41, 5.74) is 3.63. The van der Waals surface area contributed by atoms with E-state index in [0.29, 0.717) is 29.8 Å². The molecule has 3 rings (SSSR count). The van der Waals surface area contributed by atoms with Gasteiger partial charge in [-0.05, 0) is 58.4 Å². The van der Waals surface area contributed by atoms with Crippen LogP contribution in [0.3, 0.4) is 0 Å². The van der Waals surface area contributed by atoms with Crippen molar-refractivity contribution in [3.63, 3.8) is 0 Å². The minimum absolute atomic E-state index is 0.131. The second kappa shape index (κ2) is 9.98. The maximum absolute atomic E-state index is 13.2. The van der Waals surface area contributed by atoms with Crippen molar-refractivity contribution in [3.05, 3.63) is 27.2 Å². The highest BCUT2D eigenvalue weighted by Crippen LogP contribution is 2.38. The van der Waals surface area contributed by atoms with E-state index in [0.717, 1.165) is 47.3 Å². The number of carbonyl (C=O) groups is 3. The Morgan fingerprint density at radius 3 is 2.19 bits per heavy atom. The molecule has 1 heterocycles. The van der Waals surface area contributed by atoms with Gasteiger partial charge in [-0.1, -0.05) is 37.3 Å². The first-order valence-corrected chi connectivity index (χ1v) is 12.2. The number of allylic oxidation sites excluding steroid dienone is 2. The predicted octanol–water partition coefficient (Wildman–Crippen LogP) is 5.07. The van der Waals surface area contributed by atoms with Gasteiger partial charge in [0.15, 0.2) is 0 Å². The zero-order valence-electron chi connectivity index (χ0n) is 19.0. The monoisotopic (exact) mass is 446 g/mol. The Balaban J connectivity index is 1.84. The largest absolute Gasteiger partial charge is 0.481 e. The highest BCUT2D eigenvalue weighted by molar-refractivity contribution is 7.16. The first kappa shape index (κ1) is 23.5. The number of rotatable bonds is 6. The Bertz CT molecular complexity index is 896. The number of hydrogen-bond donors (Lipinski definition) is 3. The third-order valence-corrected chi connectivity index (χ3v) is 7.95. The Labute approximate surface area is 188 Å². The minimum Gasteiger partial charge on any atom is -0.481 e. The molecule has 31 heavy (non-hydrogen) atoms. The molecule has 2 aliphatic rings. The number of thiophene rings is 1. The summed E-state index contributed by atoms with van der Waals surface area (Å²) in [7, 11) is 0. The topological polar surface area (TPSA) is 95.5 Å². The molecule has 2 amide bonds. The summed E-state index contributed by atoms with van der Waals surface area (Å²) in [4.78, 5) is 39.2. The lowest BCUT2D eigenvalue weighted by Gasteiger charge is -2.29. The van der Waals surface area contributed by atoms with Crippen molar-refractivity contribution in [1.82, 2.24) is 5.32 Å². The van der Waals surface area contributed by atoms with E-state index in [-0.39, 0.29) is 17.9 Å². The van der Waals surface area contributed by atoms with Crippen molar-refractivity contribution in [2.75, 3.05) is 5.32 Å². The number of amides is 2. The summed E-state index contributed by atoms with van der Waals surface area (Å²) in [6.45, 7) is 7.87. The van der Waals surface area contributed by atoms with Crippen LogP contribution >= 0.6 is 11.3 Å². The minimum atomic E-state index is -0.945. The number of carboxylic acids is 1.